The monoisotopic (exact) mass is 377 g/mol. The second kappa shape index (κ2) is 8.02. The second-order valence-electron chi connectivity index (χ2n) is 7.42. The molecule has 0 amide bonds. The second-order valence-corrected chi connectivity index (χ2v) is 7.42. The molecular weight excluding hydrogens is 350 g/mol. The maximum Gasteiger partial charge on any atom is 0.225 e. The number of nitrogens with zero attached hydrogens (tertiary/aromatic N) is 3. The number of nitrogens with one attached hydrogen (secondary N) is 2. The maximum atomic E-state index is 5.46. The van der Waals surface area contributed by atoms with E-state index in [2.05, 4.69) is 39.9 Å². The summed E-state index contributed by atoms with van der Waals surface area (Å²) in [6, 6.07) is 13.0. The van der Waals surface area contributed by atoms with Gasteiger partial charge in [0.15, 0.2) is 0 Å². The van der Waals surface area contributed by atoms with E-state index in [4.69, 9.17) is 9.72 Å². The first-order valence-electron chi connectivity index (χ1n) is 9.74. The lowest BCUT2D eigenvalue weighted by molar-refractivity contribution is 0.415. The van der Waals surface area contributed by atoms with Gasteiger partial charge in [-0.3, -0.25) is 0 Å². The fourth-order valence-electron chi connectivity index (χ4n) is 3.64. The summed E-state index contributed by atoms with van der Waals surface area (Å²) in [7, 11) is 5.62. The minimum Gasteiger partial charge on any atom is -0.497 e. The van der Waals surface area contributed by atoms with E-state index in [1.54, 1.807) is 7.11 Å². The zero-order valence-electron chi connectivity index (χ0n) is 16.7. The van der Waals surface area contributed by atoms with Crippen molar-refractivity contribution in [1.29, 1.82) is 0 Å². The van der Waals surface area contributed by atoms with Crippen molar-refractivity contribution in [3.63, 3.8) is 0 Å². The van der Waals surface area contributed by atoms with Crippen molar-refractivity contribution >= 4 is 22.4 Å². The van der Waals surface area contributed by atoms with Crippen LogP contribution in [0, 0.1) is 0 Å². The van der Waals surface area contributed by atoms with Gasteiger partial charge in [0.05, 0.1) is 12.8 Å². The van der Waals surface area contributed by atoms with Crippen molar-refractivity contribution in [3.8, 4) is 17.0 Å². The van der Waals surface area contributed by atoms with E-state index in [1.807, 2.05) is 37.3 Å². The SMILES string of the molecule is COc1ccc2cc(-c3ccnc(N(C)C)n3)cc(NC3CCNCC3)c2c1. The van der Waals surface area contributed by atoms with Gasteiger partial charge in [-0.05, 0) is 61.6 Å². The molecule has 146 valence electrons. The van der Waals surface area contributed by atoms with Crippen LogP contribution in [0.1, 0.15) is 12.8 Å². The molecule has 6 nitrogen and oxygen atoms in total. The van der Waals surface area contributed by atoms with Gasteiger partial charge in [-0.1, -0.05) is 6.07 Å². The van der Waals surface area contributed by atoms with Gasteiger partial charge in [0, 0.05) is 43.0 Å². The molecule has 1 saturated heterocycles. The first kappa shape index (κ1) is 18.5. The Kier molecular flexibility index (Phi) is 5.30. The summed E-state index contributed by atoms with van der Waals surface area (Å²) in [5, 5.41) is 9.54. The molecule has 4 rings (SSSR count). The molecule has 2 N–H and O–H groups in total. The van der Waals surface area contributed by atoms with E-state index in [1.165, 1.54) is 10.8 Å². The van der Waals surface area contributed by atoms with E-state index in [0.717, 1.165) is 48.6 Å². The highest BCUT2D eigenvalue weighted by atomic mass is 16.5. The number of rotatable bonds is 5. The zero-order chi connectivity index (χ0) is 19.5. The topological polar surface area (TPSA) is 62.3 Å². The van der Waals surface area contributed by atoms with Crippen LogP contribution in [0.2, 0.25) is 0 Å². The number of aromatic nitrogens is 2. The summed E-state index contributed by atoms with van der Waals surface area (Å²) in [5.41, 5.74) is 3.13. The molecule has 1 aromatic heterocycles. The molecule has 0 aliphatic carbocycles. The first-order valence-corrected chi connectivity index (χ1v) is 9.74. The predicted molar refractivity (Wildman–Crippen MR) is 115 cm³/mol. The Labute approximate surface area is 165 Å². The molecule has 0 radical (unpaired) electrons. The Hall–Kier alpha value is -2.86. The normalized spacial score (nSPS) is 14.8. The molecule has 2 heterocycles. The van der Waals surface area contributed by atoms with Crippen molar-refractivity contribution in [2.24, 2.45) is 0 Å². The Morgan fingerprint density at radius 2 is 1.93 bits per heavy atom. The summed E-state index contributed by atoms with van der Waals surface area (Å²) in [4.78, 5) is 11.0. The van der Waals surface area contributed by atoms with Gasteiger partial charge in [0.25, 0.3) is 0 Å². The fraction of sp³-hybridized carbons (Fsp3) is 0.364. The molecule has 1 aliphatic rings. The van der Waals surface area contributed by atoms with Crippen molar-refractivity contribution in [1.82, 2.24) is 15.3 Å². The third kappa shape index (κ3) is 3.87. The molecule has 1 fully saturated rings. The van der Waals surface area contributed by atoms with Gasteiger partial charge in [0.1, 0.15) is 5.75 Å². The quantitative estimate of drug-likeness (QED) is 0.709. The first-order chi connectivity index (χ1) is 13.6. The zero-order valence-corrected chi connectivity index (χ0v) is 16.7. The predicted octanol–water partition coefficient (Wildman–Crippen LogP) is 3.54. The Morgan fingerprint density at radius 3 is 2.68 bits per heavy atom. The maximum absolute atomic E-state index is 5.46. The molecule has 0 unspecified atom stereocenters. The van der Waals surface area contributed by atoms with Gasteiger partial charge in [-0.25, -0.2) is 9.97 Å². The highest BCUT2D eigenvalue weighted by molar-refractivity contribution is 5.98. The Balaban J connectivity index is 1.80. The number of hydrogen-bond acceptors (Lipinski definition) is 6. The molecule has 0 bridgehead atoms. The fourth-order valence-corrected chi connectivity index (χ4v) is 3.64. The summed E-state index contributed by atoms with van der Waals surface area (Å²) in [6.07, 6.45) is 4.05. The van der Waals surface area contributed by atoms with Crippen molar-refractivity contribution < 1.29 is 4.74 Å². The van der Waals surface area contributed by atoms with Gasteiger partial charge >= 0.3 is 0 Å². The molecule has 0 spiro atoms. The molecule has 28 heavy (non-hydrogen) atoms. The third-order valence-electron chi connectivity index (χ3n) is 5.20. The van der Waals surface area contributed by atoms with Crippen LogP contribution in [0.3, 0.4) is 0 Å². The van der Waals surface area contributed by atoms with Crippen LogP contribution in [-0.2, 0) is 0 Å². The van der Waals surface area contributed by atoms with E-state index >= 15 is 0 Å². The van der Waals surface area contributed by atoms with Crippen LogP contribution in [-0.4, -0.2) is 50.3 Å². The van der Waals surface area contributed by atoms with E-state index in [-0.39, 0.29) is 0 Å². The average Bonchev–Trinajstić information content (AvgIpc) is 2.74. The lowest BCUT2D eigenvalue weighted by Gasteiger charge is -2.26. The van der Waals surface area contributed by atoms with Crippen molar-refractivity contribution in [3.05, 3.63) is 42.6 Å². The molecule has 0 saturated carbocycles. The molecule has 6 heteroatoms. The number of fused-ring (bicyclic) bond motifs is 1. The van der Waals surface area contributed by atoms with Crippen LogP contribution in [0.25, 0.3) is 22.0 Å². The summed E-state index contributed by atoms with van der Waals surface area (Å²) in [5.74, 6) is 1.57. The largest absolute Gasteiger partial charge is 0.497 e. The molecule has 2 aromatic carbocycles. The lowest BCUT2D eigenvalue weighted by atomic mass is 10.0. The minimum atomic E-state index is 0.466. The third-order valence-corrected chi connectivity index (χ3v) is 5.20. The van der Waals surface area contributed by atoms with Gasteiger partial charge in [0.2, 0.25) is 5.95 Å². The van der Waals surface area contributed by atoms with Crippen molar-refractivity contribution in [2.75, 3.05) is 44.5 Å². The average molecular weight is 377 g/mol. The molecular formula is C22H27N5O. The number of methoxy groups -OCH3 is 1. The number of ether oxygens (including phenoxy) is 1. The van der Waals surface area contributed by atoms with Crippen molar-refractivity contribution in [2.45, 2.75) is 18.9 Å². The summed E-state index contributed by atoms with van der Waals surface area (Å²) in [6.45, 7) is 2.10. The van der Waals surface area contributed by atoms with Crippen LogP contribution < -0.4 is 20.3 Å². The molecule has 3 aromatic rings. The highest BCUT2D eigenvalue weighted by Crippen LogP contribution is 2.34. The summed E-state index contributed by atoms with van der Waals surface area (Å²) < 4.78 is 5.46. The Bertz CT molecular complexity index is 966. The van der Waals surface area contributed by atoms with Gasteiger partial charge < -0.3 is 20.3 Å². The Morgan fingerprint density at radius 1 is 1.11 bits per heavy atom. The van der Waals surface area contributed by atoms with Crippen LogP contribution in [0.4, 0.5) is 11.6 Å². The number of benzene rings is 2. The number of anilines is 2. The van der Waals surface area contributed by atoms with E-state index in [0.29, 0.717) is 12.0 Å². The smallest absolute Gasteiger partial charge is 0.225 e. The molecule has 0 atom stereocenters. The van der Waals surface area contributed by atoms with Crippen LogP contribution in [0.5, 0.6) is 5.75 Å². The standard InChI is InChI=1S/C22H27N5O/c1-27(2)22-24-11-8-20(26-22)16-12-15-4-5-18(28-3)14-19(15)21(13-16)25-17-6-9-23-10-7-17/h4-5,8,11-14,17,23,25H,6-7,9-10H2,1-3H3. The number of hydrogen-bond donors (Lipinski definition) is 2. The van der Waals surface area contributed by atoms with Crippen LogP contribution in [0.15, 0.2) is 42.6 Å². The van der Waals surface area contributed by atoms with Gasteiger partial charge in [-0.2, -0.15) is 0 Å². The van der Waals surface area contributed by atoms with Crippen LogP contribution >= 0.6 is 0 Å². The van der Waals surface area contributed by atoms with E-state index < -0.39 is 0 Å². The number of piperidine rings is 1. The molecule has 1 aliphatic heterocycles. The summed E-state index contributed by atoms with van der Waals surface area (Å²) >= 11 is 0. The lowest BCUT2D eigenvalue weighted by Crippen LogP contribution is -2.35. The minimum absolute atomic E-state index is 0.466. The van der Waals surface area contributed by atoms with E-state index in [9.17, 15) is 0 Å². The van der Waals surface area contributed by atoms with Gasteiger partial charge in [-0.15, -0.1) is 0 Å². The highest BCUT2D eigenvalue weighted by Gasteiger charge is 2.16.